The van der Waals surface area contributed by atoms with Gasteiger partial charge in [0.2, 0.25) is 0 Å². The van der Waals surface area contributed by atoms with E-state index in [1.54, 1.807) is 0 Å². The first kappa shape index (κ1) is 15.6. The van der Waals surface area contributed by atoms with Crippen molar-refractivity contribution < 1.29 is 4.79 Å². The fourth-order valence-electron chi connectivity index (χ4n) is 2.98. The molecule has 4 heteroatoms. The number of likely N-dealkylation sites (tertiary alicyclic amines) is 1. The second-order valence-corrected chi connectivity index (χ2v) is 6.21. The van der Waals surface area contributed by atoms with Crippen molar-refractivity contribution in [1.29, 1.82) is 0 Å². The molecule has 2 aromatic rings. The zero-order valence-corrected chi connectivity index (χ0v) is 13.5. The Morgan fingerprint density at radius 1 is 1.22 bits per heavy atom. The summed E-state index contributed by atoms with van der Waals surface area (Å²) in [6, 6.07) is 16.3. The standard InChI is InChI=1S/C19H23N3O/c1-14-3-2-4-17(11-14)16-5-7-18(8-6-16)21-19(23)22-10-9-15(12-20)13-22/h2-8,11,15H,9-10,12-13,20H2,1H3,(H,21,23)/t15-/m0/s1. The van der Waals surface area contributed by atoms with E-state index in [1.165, 1.54) is 11.1 Å². The Balaban J connectivity index is 1.65. The predicted octanol–water partition coefficient (Wildman–Crippen LogP) is 3.47. The average molecular weight is 309 g/mol. The predicted molar refractivity (Wildman–Crippen MR) is 94.4 cm³/mol. The number of hydrogen-bond donors (Lipinski definition) is 2. The van der Waals surface area contributed by atoms with E-state index in [-0.39, 0.29) is 6.03 Å². The quantitative estimate of drug-likeness (QED) is 0.912. The number of nitrogens with zero attached hydrogens (tertiary/aromatic N) is 1. The van der Waals surface area contributed by atoms with Crippen molar-refractivity contribution in [3.63, 3.8) is 0 Å². The van der Waals surface area contributed by atoms with E-state index in [1.807, 2.05) is 29.2 Å². The zero-order chi connectivity index (χ0) is 16.2. The molecule has 3 rings (SSSR count). The van der Waals surface area contributed by atoms with Crippen molar-refractivity contribution in [1.82, 2.24) is 4.90 Å². The molecular weight excluding hydrogens is 286 g/mol. The van der Waals surface area contributed by atoms with Gasteiger partial charge < -0.3 is 16.0 Å². The van der Waals surface area contributed by atoms with Crippen molar-refractivity contribution in [3.8, 4) is 11.1 Å². The molecule has 1 saturated heterocycles. The van der Waals surface area contributed by atoms with Crippen LogP contribution in [0.2, 0.25) is 0 Å². The van der Waals surface area contributed by atoms with Crippen LogP contribution in [-0.2, 0) is 0 Å². The highest BCUT2D eigenvalue weighted by molar-refractivity contribution is 5.89. The van der Waals surface area contributed by atoms with Gasteiger partial charge in [0, 0.05) is 18.8 Å². The largest absolute Gasteiger partial charge is 0.330 e. The highest BCUT2D eigenvalue weighted by Crippen LogP contribution is 2.23. The van der Waals surface area contributed by atoms with Crippen molar-refractivity contribution in [2.24, 2.45) is 11.7 Å². The summed E-state index contributed by atoms with van der Waals surface area (Å²) in [7, 11) is 0. The molecule has 1 atom stereocenters. The van der Waals surface area contributed by atoms with E-state index in [4.69, 9.17) is 5.73 Å². The normalized spacial score (nSPS) is 17.3. The van der Waals surface area contributed by atoms with Gasteiger partial charge in [0.1, 0.15) is 0 Å². The van der Waals surface area contributed by atoms with Gasteiger partial charge >= 0.3 is 6.03 Å². The molecule has 0 saturated carbocycles. The van der Waals surface area contributed by atoms with E-state index < -0.39 is 0 Å². The summed E-state index contributed by atoms with van der Waals surface area (Å²) in [5, 5.41) is 2.96. The molecule has 0 spiro atoms. The number of urea groups is 1. The smallest absolute Gasteiger partial charge is 0.321 e. The highest BCUT2D eigenvalue weighted by Gasteiger charge is 2.25. The molecule has 0 bridgehead atoms. The van der Waals surface area contributed by atoms with Crippen molar-refractivity contribution >= 4 is 11.7 Å². The Bertz CT molecular complexity index is 681. The van der Waals surface area contributed by atoms with Crippen LogP contribution >= 0.6 is 0 Å². The molecule has 0 radical (unpaired) electrons. The molecule has 2 amide bonds. The highest BCUT2D eigenvalue weighted by atomic mass is 16.2. The number of carbonyl (C=O) groups is 1. The maximum absolute atomic E-state index is 12.2. The van der Waals surface area contributed by atoms with Crippen LogP contribution in [0.3, 0.4) is 0 Å². The van der Waals surface area contributed by atoms with Crippen LogP contribution in [0.5, 0.6) is 0 Å². The first-order chi connectivity index (χ1) is 11.2. The van der Waals surface area contributed by atoms with Crippen molar-refractivity contribution in [2.45, 2.75) is 13.3 Å². The van der Waals surface area contributed by atoms with E-state index >= 15 is 0 Å². The lowest BCUT2D eigenvalue weighted by Gasteiger charge is -2.17. The van der Waals surface area contributed by atoms with Crippen LogP contribution < -0.4 is 11.1 Å². The molecule has 2 aromatic carbocycles. The molecule has 1 fully saturated rings. The minimum absolute atomic E-state index is 0.0377. The van der Waals surface area contributed by atoms with Gasteiger partial charge in [0.15, 0.2) is 0 Å². The summed E-state index contributed by atoms with van der Waals surface area (Å²) in [6.45, 7) is 4.27. The Hall–Kier alpha value is -2.33. The van der Waals surface area contributed by atoms with Crippen LogP contribution in [0, 0.1) is 12.8 Å². The van der Waals surface area contributed by atoms with Gasteiger partial charge in [0.05, 0.1) is 0 Å². The molecule has 1 heterocycles. The van der Waals surface area contributed by atoms with Gasteiger partial charge in [-0.05, 0) is 49.1 Å². The maximum Gasteiger partial charge on any atom is 0.321 e. The maximum atomic E-state index is 12.2. The lowest BCUT2D eigenvalue weighted by molar-refractivity contribution is 0.221. The number of hydrogen-bond acceptors (Lipinski definition) is 2. The van der Waals surface area contributed by atoms with E-state index in [9.17, 15) is 4.79 Å². The molecular formula is C19H23N3O. The minimum Gasteiger partial charge on any atom is -0.330 e. The molecule has 3 N–H and O–H groups in total. The summed E-state index contributed by atoms with van der Waals surface area (Å²) >= 11 is 0. The summed E-state index contributed by atoms with van der Waals surface area (Å²) in [5.41, 5.74) is 10.1. The molecule has 0 aromatic heterocycles. The SMILES string of the molecule is Cc1cccc(-c2ccc(NC(=O)N3CC[C@@H](CN)C3)cc2)c1. The Kier molecular flexibility index (Phi) is 4.63. The van der Waals surface area contributed by atoms with Gasteiger partial charge in [-0.25, -0.2) is 4.79 Å². The zero-order valence-electron chi connectivity index (χ0n) is 13.5. The van der Waals surface area contributed by atoms with Crippen molar-refractivity contribution in [2.75, 3.05) is 25.0 Å². The number of nitrogens with one attached hydrogen (secondary N) is 1. The van der Waals surface area contributed by atoms with Gasteiger partial charge in [0.25, 0.3) is 0 Å². The number of benzene rings is 2. The topological polar surface area (TPSA) is 58.4 Å². The van der Waals surface area contributed by atoms with Crippen LogP contribution in [-0.4, -0.2) is 30.6 Å². The second-order valence-electron chi connectivity index (χ2n) is 6.21. The van der Waals surface area contributed by atoms with E-state index in [0.717, 1.165) is 30.8 Å². The third kappa shape index (κ3) is 3.71. The number of nitrogens with two attached hydrogens (primary N) is 1. The Morgan fingerprint density at radius 2 is 2.00 bits per heavy atom. The molecule has 0 unspecified atom stereocenters. The molecule has 1 aliphatic rings. The monoisotopic (exact) mass is 309 g/mol. The lowest BCUT2D eigenvalue weighted by atomic mass is 10.0. The van der Waals surface area contributed by atoms with E-state index in [0.29, 0.717) is 12.5 Å². The number of amides is 2. The van der Waals surface area contributed by atoms with Crippen LogP contribution in [0.25, 0.3) is 11.1 Å². The molecule has 120 valence electrons. The van der Waals surface area contributed by atoms with Gasteiger partial charge in [-0.1, -0.05) is 42.0 Å². The molecule has 1 aliphatic heterocycles. The van der Waals surface area contributed by atoms with Gasteiger partial charge in [-0.15, -0.1) is 0 Å². The first-order valence-electron chi connectivity index (χ1n) is 8.09. The van der Waals surface area contributed by atoms with Gasteiger partial charge in [-0.2, -0.15) is 0 Å². The number of rotatable bonds is 3. The fraction of sp³-hybridized carbons (Fsp3) is 0.316. The van der Waals surface area contributed by atoms with Crippen LogP contribution in [0.4, 0.5) is 10.5 Å². The first-order valence-corrected chi connectivity index (χ1v) is 8.09. The minimum atomic E-state index is -0.0377. The second kappa shape index (κ2) is 6.84. The Labute approximate surface area is 137 Å². The lowest BCUT2D eigenvalue weighted by Crippen LogP contribution is -2.33. The number of anilines is 1. The van der Waals surface area contributed by atoms with E-state index in [2.05, 4.69) is 36.5 Å². The van der Waals surface area contributed by atoms with Crippen molar-refractivity contribution in [3.05, 3.63) is 54.1 Å². The summed E-state index contributed by atoms with van der Waals surface area (Å²) in [6.07, 6.45) is 0.996. The fourth-order valence-corrected chi connectivity index (χ4v) is 2.98. The van der Waals surface area contributed by atoms with Crippen LogP contribution in [0.15, 0.2) is 48.5 Å². The average Bonchev–Trinajstić information content (AvgIpc) is 3.05. The summed E-state index contributed by atoms with van der Waals surface area (Å²) in [4.78, 5) is 14.1. The summed E-state index contributed by atoms with van der Waals surface area (Å²) in [5.74, 6) is 0.435. The Morgan fingerprint density at radius 3 is 2.65 bits per heavy atom. The molecule has 0 aliphatic carbocycles. The third-order valence-corrected chi connectivity index (χ3v) is 4.39. The summed E-state index contributed by atoms with van der Waals surface area (Å²) < 4.78 is 0. The third-order valence-electron chi connectivity index (χ3n) is 4.39. The number of carbonyl (C=O) groups excluding carboxylic acids is 1. The molecule has 4 nitrogen and oxygen atoms in total. The van der Waals surface area contributed by atoms with Crippen LogP contribution in [0.1, 0.15) is 12.0 Å². The van der Waals surface area contributed by atoms with Gasteiger partial charge in [-0.3, -0.25) is 0 Å². The number of aryl methyl sites for hydroxylation is 1. The molecule has 23 heavy (non-hydrogen) atoms.